The van der Waals surface area contributed by atoms with Gasteiger partial charge in [0.05, 0.1) is 6.10 Å². The third kappa shape index (κ3) is 5.75. The normalized spacial score (nSPS) is 13.6. The summed E-state index contributed by atoms with van der Waals surface area (Å²) in [5, 5.41) is 12.7. The monoisotopic (exact) mass is 506 g/mol. The number of hydrogen-bond acceptors (Lipinski definition) is 3. The molecule has 1 radical (unpaired) electrons. The fraction of sp³-hybridized carbons (Fsp3) is 0.207. The van der Waals surface area contributed by atoms with Gasteiger partial charge in [0.2, 0.25) is 0 Å². The van der Waals surface area contributed by atoms with Crippen LogP contribution >= 0.6 is 0 Å². The van der Waals surface area contributed by atoms with Crippen LogP contribution in [-0.2, 0) is 4.43 Å². The van der Waals surface area contributed by atoms with Crippen molar-refractivity contribution in [3.05, 3.63) is 125 Å². The largest absolute Gasteiger partial charge is 0.400 e. The third-order valence-electron chi connectivity index (χ3n) is 5.80. The first-order chi connectivity index (χ1) is 17.1. The van der Waals surface area contributed by atoms with E-state index in [4.69, 9.17) is 4.43 Å². The molecule has 0 amide bonds. The molecule has 1 aromatic heterocycles. The second kappa shape index (κ2) is 10.8. The van der Waals surface area contributed by atoms with Crippen molar-refractivity contribution >= 4 is 19.4 Å². The predicted octanol–water partition coefficient (Wildman–Crippen LogP) is 5.49. The number of rotatable bonds is 7. The Balaban J connectivity index is 1.71. The Hall–Kier alpha value is -3.26. The molecule has 0 fully saturated rings. The highest BCUT2D eigenvalue weighted by Crippen LogP contribution is 2.37. The Kier molecular flexibility index (Phi) is 7.73. The maximum absolute atomic E-state index is 15.3. The van der Waals surface area contributed by atoms with Gasteiger partial charge < -0.3 is 9.53 Å². The fourth-order valence-electron chi connectivity index (χ4n) is 4.02. The van der Waals surface area contributed by atoms with E-state index in [2.05, 4.69) is 4.98 Å². The second-order valence-electron chi connectivity index (χ2n) is 9.63. The van der Waals surface area contributed by atoms with Crippen molar-refractivity contribution in [1.29, 1.82) is 0 Å². The predicted molar refractivity (Wildman–Crippen MR) is 136 cm³/mol. The summed E-state index contributed by atoms with van der Waals surface area (Å²) in [7, 11) is -1.71. The molecule has 0 saturated carbocycles. The highest BCUT2D eigenvalue weighted by Gasteiger charge is 2.34. The Labute approximate surface area is 211 Å². The van der Waals surface area contributed by atoms with Gasteiger partial charge in [-0.1, -0.05) is 81.4 Å². The van der Waals surface area contributed by atoms with E-state index >= 15 is 4.39 Å². The van der Waals surface area contributed by atoms with Crippen LogP contribution in [0.4, 0.5) is 13.2 Å². The van der Waals surface area contributed by atoms with Crippen molar-refractivity contribution < 1.29 is 22.7 Å². The standard InChI is InChI=1S/C29H27F3NO2Si/c1-29(2,3)28(35-36(21-10-6-4-7-11-21)22-12-8-5-9-13-22)19-16-25(32)26(33-18-19)27(34)23-17-20(30)14-15-24(23)31/h4-18,27-28,34H,1-3H3. The van der Waals surface area contributed by atoms with Crippen molar-refractivity contribution in [2.45, 2.75) is 33.0 Å². The van der Waals surface area contributed by atoms with Crippen LogP contribution in [0.1, 0.15) is 49.8 Å². The van der Waals surface area contributed by atoms with E-state index < -0.39 is 44.1 Å². The molecule has 2 unspecified atom stereocenters. The number of aliphatic hydroxyl groups is 1. The van der Waals surface area contributed by atoms with Crippen LogP contribution in [-0.4, -0.2) is 19.1 Å². The van der Waals surface area contributed by atoms with Gasteiger partial charge in [0.1, 0.15) is 29.2 Å². The maximum Gasteiger partial charge on any atom is 0.283 e. The zero-order valence-corrected chi connectivity index (χ0v) is 21.3. The third-order valence-corrected chi connectivity index (χ3v) is 7.99. The van der Waals surface area contributed by atoms with Gasteiger partial charge in [-0.05, 0) is 40.1 Å². The van der Waals surface area contributed by atoms with E-state index in [0.29, 0.717) is 5.56 Å². The number of hydrogen-bond donors (Lipinski definition) is 1. The van der Waals surface area contributed by atoms with Gasteiger partial charge >= 0.3 is 0 Å². The lowest BCUT2D eigenvalue weighted by atomic mass is 9.85. The Morgan fingerprint density at radius 3 is 1.92 bits per heavy atom. The average Bonchev–Trinajstić information content (AvgIpc) is 2.86. The molecule has 0 aliphatic rings. The fourth-order valence-corrected chi connectivity index (χ4v) is 6.35. The van der Waals surface area contributed by atoms with Gasteiger partial charge in [0.15, 0.2) is 0 Å². The minimum atomic E-state index is -1.75. The number of aliphatic hydroxyl groups excluding tert-OH is 1. The van der Waals surface area contributed by atoms with Crippen molar-refractivity contribution in [2.24, 2.45) is 5.41 Å². The van der Waals surface area contributed by atoms with Gasteiger partial charge in [0, 0.05) is 17.3 Å². The van der Waals surface area contributed by atoms with E-state index in [0.717, 1.165) is 28.6 Å². The van der Waals surface area contributed by atoms with Crippen molar-refractivity contribution in [3.8, 4) is 0 Å². The minimum Gasteiger partial charge on any atom is -0.400 e. The number of aromatic nitrogens is 1. The first kappa shape index (κ1) is 25.8. The van der Waals surface area contributed by atoms with Gasteiger partial charge in [-0.15, -0.1) is 0 Å². The van der Waals surface area contributed by atoms with Crippen molar-refractivity contribution in [3.63, 3.8) is 0 Å². The van der Waals surface area contributed by atoms with Gasteiger partial charge in [-0.2, -0.15) is 0 Å². The van der Waals surface area contributed by atoms with Crippen LogP contribution in [0.3, 0.4) is 0 Å². The quantitative estimate of drug-likeness (QED) is 0.337. The molecular formula is C29H27F3NO2Si. The lowest BCUT2D eigenvalue weighted by molar-refractivity contribution is 0.0888. The molecule has 7 heteroatoms. The summed E-state index contributed by atoms with van der Waals surface area (Å²) in [6, 6.07) is 23.7. The summed E-state index contributed by atoms with van der Waals surface area (Å²) in [4.78, 5) is 4.13. The highest BCUT2D eigenvalue weighted by molar-refractivity contribution is 6.80. The lowest BCUT2D eigenvalue weighted by Crippen LogP contribution is -2.47. The molecule has 4 aromatic rings. The number of benzene rings is 3. The molecule has 4 rings (SSSR count). The molecule has 3 aromatic carbocycles. The highest BCUT2D eigenvalue weighted by atomic mass is 28.3. The molecule has 0 spiro atoms. The van der Waals surface area contributed by atoms with Crippen LogP contribution in [0.2, 0.25) is 0 Å². The molecule has 1 N–H and O–H groups in total. The Morgan fingerprint density at radius 2 is 1.39 bits per heavy atom. The summed E-state index contributed by atoms with van der Waals surface area (Å²) in [5.41, 5.74) is -0.698. The van der Waals surface area contributed by atoms with Crippen LogP contribution < -0.4 is 10.4 Å². The summed E-state index contributed by atoms with van der Waals surface area (Å²) in [6.07, 6.45) is -0.854. The van der Waals surface area contributed by atoms with Crippen LogP contribution in [0.25, 0.3) is 0 Å². The van der Waals surface area contributed by atoms with Gasteiger partial charge in [-0.3, -0.25) is 4.98 Å². The molecule has 0 aliphatic carbocycles. The molecule has 185 valence electrons. The first-order valence-electron chi connectivity index (χ1n) is 11.6. The SMILES string of the molecule is CC(C)(C)C(O[Si](c1ccccc1)c1ccccc1)c1cnc(C(O)c2cc(F)ccc2F)c(F)c1. The molecule has 36 heavy (non-hydrogen) atoms. The maximum atomic E-state index is 15.3. The number of nitrogens with zero attached hydrogens (tertiary/aromatic N) is 1. The van der Waals surface area contributed by atoms with E-state index in [1.807, 2.05) is 81.4 Å². The van der Waals surface area contributed by atoms with Crippen LogP contribution in [0, 0.1) is 22.9 Å². The van der Waals surface area contributed by atoms with Crippen molar-refractivity contribution in [2.75, 3.05) is 0 Å². The summed E-state index contributed by atoms with van der Waals surface area (Å²) < 4.78 is 49.8. The van der Waals surface area contributed by atoms with Gasteiger partial charge in [-0.25, -0.2) is 13.2 Å². The molecule has 0 saturated heterocycles. The Morgan fingerprint density at radius 1 is 0.806 bits per heavy atom. The molecule has 2 atom stereocenters. The number of halogens is 3. The van der Waals surface area contributed by atoms with E-state index in [1.54, 1.807) is 0 Å². The summed E-state index contributed by atoms with van der Waals surface area (Å²) >= 11 is 0. The van der Waals surface area contributed by atoms with E-state index in [9.17, 15) is 13.9 Å². The lowest BCUT2D eigenvalue weighted by Gasteiger charge is -2.34. The van der Waals surface area contributed by atoms with E-state index in [1.165, 1.54) is 12.3 Å². The molecule has 1 heterocycles. The number of pyridine rings is 1. The first-order valence-corrected chi connectivity index (χ1v) is 13.0. The van der Waals surface area contributed by atoms with E-state index in [-0.39, 0.29) is 11.3 Å². The zero-order chi connectivity index (χ0) is 25.9. The average molecular weight is 507 g/mol. The van der Waals surface area contributed by atoms with Crippen LogP contribution in [0.15, 0.2) is 91.1 Å². The second-order valence-corrected chi connectivity index (χ2v) is 11.7. The zero-order valence-electron chi connectivity index (χ0n) is 20.3. The molecule has 0 bridgehead atoms. The minimum absolute atomic E-state index is 0.378. The van der Waals surface area contributed by atoms with Crippen LogP contribution in [0.5, 0.6) is 0 Å². The van der Waals surface area contributed by atoms with Gasteiger partial charge in [0.25, 0.3) is 9.04 Å². The summed E-state index contributed by atoms with van der Waals surface area (Å²) in [6.45, 7) is 5.99. The Bertz CT molecular complexity index is 1270. The summed E-state index contributed by atoms with van der Waals surface area (Å²) in [5.74, 6) is -2.40. The van der Waals surface area contributed by atoms with Crippen molar-refractivity contribution in [1.82, 2.24) is 4.98 Å². The topological polar surface area (TPSA) is 42.4 Å². The molecule has 3 nitrogen and oxygen atoms in total. The molecular weight excluding hydrogens is 479 g/mol. The smallest absolute Gasteiger partial charge is 0.283 e. The molecule has 0 aliphatic heterocycles.